The predicted molar refractivity (Wildman–Crippen MR) is 104 cm³/mol. The van der Waals surface area contributed by atoms with Crippen molar-refractivity contribution in [1.29, 1.82) is 0 Å². The molecule has 0 aliphatic rings. The zero-order valence-electron chi connectivity index (χ0n) is 17.3. The van der Waals surface area contributed by atoms with Gasteiger partial charge in [-0.15, -0.1) is 0 Å². The number of amides is 2. The summed E-state index contributed by atoms with van der Waals surface area (Å²) in [6.45, 7) is 8.58. The summed E-state index contributed by atoms with van der Waals surface area (Å²) in [4.78, 5) is 61.4. The van der Waals surface area contributed by atoms with Crippen LogP contribution in [0.4, 0.5) is 9.59 Å². The summed E-state index contributed by atoms with van der Waals surface area (Å²) in [6, 6.07) is -1.92. The van der Waals surface area contributed by atoms with Crippen molar-refractivity contribution in [2.45, 2.75) is 59.1 Å². The Morgan fingerprint density at radius 1 is 1.24 bits per heavy atom. The highest BCUT2D eigenvalue weighted by atomic mass is 16.6. The van der Waals surface area contributed by atoms with Crippen LogP contribution in [0, 0.1) is 6.92 Å². The molecule has 1 rings (SSSR count). The highest BCUT2D eigenvalue weighted by Crippen LogP contribution is 2.07. The van der Waals surface area contributed by atoms with Crippen molar-refractivity contribution >= 4 is 18.1 Å². The van der Waals surface area contributed by atoms with E-state index in [-0.39, 0.29) is 25.1 Å². The summed E-state index contributed by atoms with van der Waals surface area (Å²) >= 11 is 0. The second kappa shape index (κ2) is 10.4. The molecule has 0 bridgehead atoms. The number of nitrogens with one attached hydrogen (secondary N) is 3. The zero-order chi connectivity index (χ0) is 22.2. The fourth-order valence-corrected chi connectivity index (χ4v) is 2.24. The summed E-state index contributed by atoms with van der Waals surface area (Å²) in [7, 11) is 0. The fraction of sp³-hybridized carbons (Fsp3) is 0.611. The maximum absolute atomic E-state index is 12.4. The molecule has 0 saturated heterocycles. The standard InChI is InChI=1S/C18H28N4O7/c1-6-28-14(24)12(8-7-9-19-17(27)29-18(3,4)5)20-15(25)22-10-11(2)13(23)21-16(22)26/h10,12H,6-9H2,1-5H3,(H,19,27)(H,20,25)(H,21,23,26). The largest absolute Gasteiger partial charge is 0.464 e. The Bertz CT molecular complexity index is 851. The minimum atomic E-state index is -1.04. The van der Waals surface area contributed by atoms with Crippen LogP contribution in [-0.2, 0) is 14.3 Å². The number of rotatable bonds is 7. The number of ether oxygens (including phenoxy) is 2. The van der Waals surface area contributed by atoms with E-state index in [2.05, 4.69) is 10.6 Å². The number of aromatic amines is 1. The molecule has 0 aromatic carbocycles. The fourth-order valence-electron chi connectivity index (χ4n) is 2.24. The normalized spacial score (nSPS) is 12.0. The summed E-state index contributed by atoms with van der Waals surface area (Å²) in [6.07, 6.45) is 0.979. The number of alkyl carbamates (subject to hydrolysis) is 1. The van der Waals surface area contributed by atoms with E-state index in [4.69, 9.17) is 9.47 Å². The number of H-pyrrole nitrogens is 1. The SMILES string of the molecule is CCOC(=O)C(CCCNC(=O)OC(C)(C)C)NC(=O)n1cc(C)c(=O)[nH]c1=O. The minimum Gasteiger partial charge on any atom is -0.464 e. The number of carbonyl (C=O) groups is 3. The first-order valence-corrected chi connectivity index (χ1v) is 9.21. The van der Waals surface area contributed by atoms with E-state index in [1.165, 1.54) is 6.92 Å². The molecule has 11 nitrogen and oxygen atoms in total. The van der Waals surface area contributed by atoms with Crippen LogP contribution in [0.3, 0.4) is 0 Å². The van der Waals surface area contributed by atoms with Gasteiger partial charge in [0.2, 0.25) is 0 Å². The predicted octanol–water partition coefficient (Wildman–Crippen LogP) is 0.639. The number of hydrogen-bond donors (Lipinski definition) is 3. The van der Waals surface area contributed by atoms with Crippen molar-refractivity contribution in [2.24, 2.45) is 0 Å². The van der Waals surface area contributed by atoms with Gasteiger partial charge in [-0.05, 0) is 47.5 Å². The summed E-state index contributed by atoms with van der Waals surface area (Å²) < 4.78 is 10.7. The van der Waals surface area contributed by atoms with E-state index in [1.54, 1.807) is 27.7 Å². The second-order valence-corrected chi connectivity index (χ2v) is 7.27. The first kappa shape index (κ1) is 23.9. The monoisotopic (exact) mass is 412 g/mol. The lowest BCUT2D eigenvalue weighted by molar-refractivity contribution is -0.145. The van der Waals surface area contributed by atoms with E-state index in [0.29, 0.717) is 11.0 Å². The van der Waals surface area contributed by atoms with E-state index in [1.807, 2.05) is 4.98 Å². The van der Waals surface area contributed by atoms with Crippen LogP contribution < -0.4 is 21.9 Å². The lowest BCUT2D eigenvalue weighted by Crippen LogP contribution is -2.48. The first-order chi connectivity index (χ1) is 13.4. The smallest absolute Gasteiger partial charge is 0.407 e. The molecule has 2 amide bonds. The van der Waals surface area contributed by atoms with E-state index < -0.39 is 41.0 Å². The third-order valence-corrected chi connectivity index (χ3v) is 3.55. The maximum atomic E-state index is 12.4. The molecule has 0 fully saturated rings. The zero-order valence-corrected chi connectivity index (χ0v) is 17.3. The van der Waals surface area contributed by atoms with Gasteiger partial charge in [0, 0.05) is 18.3 Å². The Hall–Kier alpha value is -3.11. The number of carbonyl (C=O) groups excluding carboxylic acids is 3. The van der Waals surface area contributed by atoms with Crippen LogP contribution in [0.1, 0.15) is 46.1 Å². The molecule has 3 N–H and O–H groups in total. The van der Waals surface area contributed by atoms with Gasteiger partial charge in [-0.25, -0.2) is 23.7 Å². The Balaban J connectivity index is 2.74. The van der Waals surface area contributed by atoms with Crippen molar-refractivity contribution in [3.05, 3.63) is 32.6 Å². The quantitative estimate of drug-likeness (QED) is 0.439. The van der Waals surface area contributed by atoms with Gasteiger partial charge in [-0.3, -0.25) is 9.78 Å². The van der Waals surface area contributed by atoms with Crippen molar-refractivity contribution < 1.29 is 23.9 Å². The van der Waals surface area contributed by atoms with Crippen LogP contribution in [0.5, 0.6) is 0 Å². The number of nitrogens with zero attached hydrogens (tertiary/aromatic N) is 1. The molecular weight excluding hydrogens is 384 g/mol. The average Bonchev–Trinajstić information content (AvgIpc) is 2.59. The molecule has 0 saturated carbocycles. The van der Waals surface area contributed by atoms with E-state index in [0.717, 1.165) is 6.20 Å². The number of aryl methyl sites for hydroxylation is 1. The molecule has 0 aliphatic heterocycles. The van der Waals surface area contributed by atoms with Gasteiger partial charge in [-0.1, -0.05) is 0 Å². The molecule has 0 spiro atoms. The van der Waals surface area contributed by atoms with Gasteiger partial charge in [0.1, 0.15) is 11.6 Å². The highest BCUT2D eigenvalue weighted by Gasteiger charge is 2.23. The van der Waals surface area contributed by atoms with Crippen molar-refractivity contribution in [1.82, 2.24) is 20.2 Å². The number of hydrogen-bond acceptors (Lipinski definition) is 7. The van der Waals surface area contributed by atoms with Crippen LogP contribution in [0.2, 0.25) is 0 Å². The van der Waals surface area contributed by atoms with Gasteiger partial charge in [0.15, 0.2) is 0 Å². The number of esters is 1. The number of aromatic nitrogens is 2. The molecule has 29 heavy (non-hydrogen) atoms. The van der Waals surface area contributed by atoms with Crippen molar-refractivity contribution in [3.8, 4) is 0 Å². The summed E-state index contributed by atoms with van der Waals surface area (Å²) in [5, 5.41) is 4.97. The van der Waals surface area contributed by atoms with E-state index in [9.17, 15) is 24.0 Å². The molecule has 0 radical (unpaired) electrons. The molecule has 1 aromatic heterocycles. The molecule has 11 heteroatoms. The topological polar surface area (TPSA) is 149 Å². The average molecular weight is 412 g/mol. The third-order valence-electron chi connectivity index (χ3n) is 3.55. The molecule has 162 valence electrons. The Morgan fingerprint density at radius 2 is 1.90 bits per heavy atom. The van der Waals surface area contributed by atoms with Gasteiger partial charge >= 0.3 is 23.8 Å². The Morgan fingerprint density at radius 3 is 2.48 bits per heavy atom. The van der Waals surface area contributed by atoms with Gasteiger partial charge in [0.25, 0.3) is 5.56 Å². The molecule has 1 unspecified atom stereocenters. The lowest BCUT2D eigenvalue weighted by Gasteiger charge is -2.20. The lowest BCUT2D eigenvalue weighted by atomic mass is 10.1. The van der Waals surface area contributed by atoms with Crippen LogP contribution in [0.25, 0.3) is 0 Å². The first-order valence-electron chi connectivity index (χ1n) is 9.21. The molecule has 0 aliphatic carbocycles. The van der Waals surface area contributed by atoms with Crippen LogP contribution in [0.15, 0.2) is 15.8 Å². The summed E-state index contributed by atoms with van der Waals surface area (Å²) in [5.74, 6) is -0.674. The molecular formula is C18H28N4O7. The van der Waals surface area contributed by atoms with Crippen LogP contribution >= 0.6 is 0 Å². The maximum Gasteiger partial charge on any atom is 0.407 e. The molecule has 1 aromatic rings. The Labute approximate surface area is 167 Å². The summed E-state index contributed by atoms with van der Waals surface area (Å²) in [5.41, 5.74) is -2.00. The Kier molecular flexibility index (Phi) is 8.61. The highest BCUT2D eigenvalue weighted by molar-refractivity contribution is 5.84. The van der Waals surface area contributed by atoms with Gasteiger partial charge < -0.3 is 20.1 Å². The van der Waals surface area contributed by atoms with Crippen LogP contribution in [-0.4, -0.2) is 52.4 Å². The van der Waals surface area contributed by atoms with E-state index >= 15 is 0 Å². The third kappa shape index (κ3) is 8.20. The molecule has 1 atom stereocenters. The minimum absolute atomic E-state index is 0.110. The molecule has 1 heterocycles. The second-order valence-electron chi connectivity index (χ2n) is 7.27. The van der Waals surface area contributed by atoms with Gasteiger partial charge in [-0.2, -0.15) is 0 Å². The van der Waals surface area contributed by atoms with Crippen molar-refractivity contribution in [3.63, 3.8) is 0 Å². The van der Waals surface area contributed by atoms with Gasteiger partial charge in [0.05, 0.1) is 6.61 Å². The van der Waals surface area contributed by atoms with Crippen molar-refractivity contribution in [2.75, 3.05) is 13.2 Å².